The summed E-state index contributed by atoms with van der Waals surface area (Å²) in [6, 6.07) is 21.9. The molecule has 0 aliphatic heterocycles. The van der Waals surface area contributed by atoms with Gasteiger partial charge in [-0.05, 0) is 94.5 Å². The summed E-state index contributed by atoms with van der Waals surface area (Å²) in [5.74, 6) is -0.192. The van der Waals surface area contributed by atoms with Gasteiger partial charge in [-0.25, -0.2) is 8.42 Å². The van der Waals surface area contributed by atoms with E-state index in [2.05, 4.69) is 5.32 Å². The second-order valence-electron chi connectivity index (χ2n) is 9.78. The largest absolute Gasteiger partial charge is 0.494 e. The summed E-state index contributed by atoms with van der Waals surface area (Å²) in [4.78, 5) is 29.4. The third kappa shape index (κ3) is 8.74. The maximum Gasteiger partial charge on any atom is 0.264 e. The van der Waals surface area contributed by atoms with Gasteiger partial charge in [0.05, 0.1) is 17.2 Å². The van der Waals surface area contributed by atoms with E-state index in [-0.39, 0.29) is 23.4 Å². The second kappa shape index (κ2) is 14.9. The Kier molecular flexibility index (Phi) is 11.7. The fourth-order valence-electron chi connectivity index (χ4n) is 4.25. The quantitative estimate of drug-likeness (QED) is 0.263. The molecule has 1 N–H and O–H groups in total. The van der Waals surface area contributed by atoms with Crippen molar-refractivity contribution in [1.29, 1.82) is 0 Å². The van der Waals surface area contributed by atoms with Crippen LogP contribution in [0.15, 0.2) is 88.7 Å². The molecule has 0 bridgehead atoms. The molecule has 0 aliphatic rings. The summed E-state index contributed by atoms with van der Waals surface area (Å²) in [5, 5.41) is 2.87. The number of carbonyl (C=O) groups excluding carboxylic acids is 2. The van der Waals surface area contributed by atoms with Crippen LogP contribution < -0.4 is 14.4 Å². The molecule has 0 aromatic heterocycles. The molecule has 0 unspecified atom stereocenters. The van der Waals surface area contributed by atoms with Crippen LogP contribution in [0.5, 0.6) is 5.75 Å². The van der Waals surface area contributed by atoms with Crippen molar-refractivity contribution >= 4 is 39.3 Å². The number of carbonyl (C=O) groups is 2. The van der Waals surface area contributed by atoms with Crippen LogP contribution in [-0.4, -0.2) is 63.2 Å². The molecule has 3 aromatic carbocycles. The number of sulfonamides is 1. The van der Waals surface area contributed by atoms with Crippen LogP contribution in [0.25, 0.3) is 0 Å². The van der Waals surface area contributed by atoms with E-state index in [0.29, 0.717) is 24.5 Å². The van der Waals surface area contributed by atoms with Crippen molar-refractivity contribution in [2.45, 2.75) is 56.0 Å². The summed E-state index contributed by atoms with van der Waals surface area (Å²) in [7, 11) is -4.13. The number of nitrogens with zero attached hydrogens (tertiary/aromatic N) is 2. The lowest BCUT2D eigenvalue weighted by Crippen LogP contribution is -2.53. The number of amides is 2. The predicted molar refractivity (Wildman–Crippen MR) is 165 cm³/mol. The van der Waals surface area contributed by atoms with Gasteiger partial charge in [0.1, 0.15) is 18.3 Å². The van der Waals surface area contributed by atoms with Crippen LogP contribution >= 0.6 is 11.8 Å². The highest BCUT2D eigenvalue weighted by Gasteiger charge is 2.32. The van der Waals surface area contributed by atoms with Crippen LogP contribution in [-0.2, 0) is 26.0 Å². The van der Waals surface area contributed by atoms with E-state index in [1.807, 2.05) is 57.4 Å². The molecule has 0 heterocycles. The molecule has 0 aliphatic carbocycles. The molecule has 8 nitrogen and oxygen atoms in total. The molecule has 2 amide bonds. The van der Waals surface area contributed by atoms with Gasteiger partial charge in [-0.2, -0.15) is 0 Å². The van der Waals surface area contributed by atoms with Gasteiger partial charge in [0, 0.05) is 17.5 Å². The van der Waals surface area contributed by atoms with Crippen LogP contribution in [0.4, 0.5) is 5.69 Å². The molecule has 1 atom stereocenters. The smallest absolute Gasteiger partial charge is 0.264 e. The summed E-state index contributed by atoms with van der Waals surface area (Å²) >= 11 is 1.51. The Morgan fingerprint density at radius 2 is 1.56 bits per heavy atom. The Morgan fingerprint density at radius 1 is 0.927 bits per heavy atom. The molecule has 10 heteroatoms. The molecule has 3 rings (SSSR count). The number of benzene rings is 3. The number of hydrogen-bond donors (Lipinski definition) is 1. The van der Waals surface area contributed by atoms with Gasteiger partial charge in [-0.15, -0.1) is 11.8 Å². The van der Waals surface area contributed by atoms with Gasteiger partial charge in [0.25, 0.3) is 10.0 Å². The van der Waals surface area contributed by atoms with E-state index < -0.39 is 28.5 Å². The zero-order valence-corrected chi connectivity index (χ0v) is 25.9. The number of hydrogen-bond acceptors (Lipinski definition) is 6. The molecular weight excluding hydrogens is 558 g/mol. The van der Waals surface area contributed by atoms with Gasteiger partial charge in [-0.3, -0.25) is 13.9 Å². The van der Waals surface area contributed by atoms with E-state index in [1.54, 1.807) is 55.5 Å². The maximum absolute atomic E-state index is 14.0. The molecule has 0 saturated heterocycles. The van der Waals surface area contributed by atoms with E-state index in [1.165, 1.54) is 16.7 Å². The first-order valence-electron chi connectivity index (χ1n) is 13.6. The summed E-state index contributed by atoms with van der Waals surface area (Å²) in [6.07, 6.45) is 2.42. The normalized spacial score (nSPS) is 12.0. The van der Waals surface area contributed by atoms with Crippen LogP contribution in [0.2, 0.25) is 0 Å². The zero-order valence-electron chi connectivity index (χ0n) is 24.2. The third-order valence-electron chi connectivity index (χ3n) is 6.44. The monoisotopic (exact) mass is 597 g/mol. The first kappa shape index (κ1) is 32.0. The first-order chi connectivity index (χ1) is 19.6. The zero-order chi connectivity index (χ0) is 30.0. The minimum atomic E-state index is -4.13. The molecule has 3 aromatic rings. The van der Waals surface area contributed by atoms with Gasteiger partial charge >= 0.3 is 0 Å². The molecule has 0 saturated carbocycles. The Labute approximate surface area is 248 Å². The molecule has 220 valence electrons. The van der Waals surface area contributed by atoms with Crippen LogP contribution in [0, 0.1) is 0 Å². The standard InChI is InChI=1S/C31H39N3O5S2/c1-6-39-27-14-12-26(13-15-27)34(41(37,38)29-18-16-28(40-5)17-19-29)22-30(35)33(24(4)31(36)32-23(2)3)21-20-25-10-8-7-9-11-25/h7-19,23-24H,6,20-22H2,1-5H3,(H,32,36)/t24-/m1/s1. The third-order valence-corrected chi connectivity index (χ3v) is 8.98. The minimum Gasteiger partial charge on any atom is -0.494 e. The number of anilines is 1. The Morgan fingerprint density at radius 3 is 2.12 bits per heavy atom. The molecule has 0 radical (unpaired) electrons. The molecule has 0 spiro atoms. The molecular formula is C31H39N3O5S2. The highest BCUT2D eigenvalue weighted by molar-refractivity contribution is 7.98. The first-order valence-corrected chi connectivity index (χ1v) is 16.3. The SMILES string of the molecule is CCOc1ccc(N(CC(=O)N(CCc2ccccc2)[C@H](C)C(=O)NC(C)C)S(=O)(=O)c2ccc(SC)cc2)cc1. The average Bonchev–Trinajstić information content (AvgIpc) is 2.96. The highest BCUT2D eigenvalue weighted by Crippen LogP contribution is 2.27. The van der Waals surface area contributed by atoms with Crippen molar-refractivity contribution in [3.8, 4) is 5.75 Å². The van der Waals surface area contributed by atoms with E-state index in [0.717, 1.165) is 14.8 Å². The maximum atomic E-state index is 14.0. The number of rotatable bonds is 14. The van der Waals surface area contributed by atoms with Crippen molar-refractivity contribution in [3.05, 3.63) is 84.4 Å². The fourth-order valence-corrected chi connectivity index (χ4v) is 6.08. The highest BCUT2D eigenvalue weighted by atomic mass is 32.2. The lowest BCUT2D eigenvalue weighted by Gasteiger charge is -2.32. The minimum absolute atomic E-state index is 0.0680. The van der Waals surface area contributed by atoms with Crippen LogP contribution in [0.3, 0.4) is 0 Å². The van der Waals surface area contributed by atoms with E-state index in [4.69, 9.17) is 4.74 Å². The average molecular weight is 598 g/mol. The van der Waals surface area contributed by atoms with Crippen molar-refractivity contribution in [2.24, 2.45) is 0 Å². The Hall–Kier alpha value is -3.50. The molecule has 41 heavy (non-hydrogen) atoms. The van der Waals surface area contributed by atoms with Crippen molar-refractivity contribution in [2.75, 3.05) is 30.3 Å². The lowest BCUT2D eigenvalue weighted by molar-refractivity contribution is -0.139. The summed E-state index contributed by atoms with van der Waals surface area (Å²) < 4.78 is 34.6. The van der Waals surface area contributed by atoms with Gasteiger partial charge in [0.15, 0.2) is 0 Å². The van der Waals surface area contributed by atoms with Crippen LogP contribution in [0.1, 0.15) is 33.3 Å². The summed E-state index contributed by atoms with van der Waals surface area (Å²) in [5.41, 5.74) is 1.32. The number of ether oxygens (including phenoxy) is 1. The topological polar surface area (TPSA) is 96.0 Å². The summed E-state index contributed by atoms with van der Waals surface area (Å²) in [6.45, 7) is 7.46. The lowest BCUT2D eigenvalue weighted by atomic mass is 10.1. The fraction of sp³-hybridized carbons (Fsp3) is 0.355. The Balaban J connectivity index is 1.99. The van der Waals surface area contributed by atoms with E-state index >= 15 is 0 Å². The molecule has 0 fully saturated rings. The Bertz CT molecular complexity index is 1380. The van der Waals surface area contributed by atoms with Gasteiger partial charge in [-0.1, -0.05) is 30.3 Å². The number of thioether (sulfide) groups is 1. The van der Waals surface area contributed by atoms with Crippen molar-refractivity contribution < 1.29 is 22.7 Å². The van der Waals surface area contributed by atoms with Crippen molar-refractivity contribution in [1.82, 2.24) is 10.2 Å². The van der Waals surface area contributed by atoms with Gasteiger partial charge in [0.2, 0.25) is 11.8 Å². The van der Waals surface area contributed by atoms with Gasteiger partial charge < -0.3 is 15.0 Å². The predicted octanol–water partition coefficient (Wildman–Crippen LogP) is 4.99. The second-order valence-corrected chi connectivity index (χ2v) is 12.5. The van der Waals surface area contributed by atoms with E-state index in [9.17, 15) is 18.0 Å². The van der Waals surface area contributed by atoms with Crippen molar-refractivity contribution in [3.63, 3.8) is 0 Å². The number of nitrogens with one attached hydrogen (secondary N) is 1.